The van der Waals surface area contributed by atoms with Crippen LogP contribution in [0.25, 0.3) is 0 Å². The number of hydrogen-bond acceptors (Lipinski definition) is 5. The maximum atomic E-state index is 11.7. The number of aromatic nitrogens is 3. The van der Waals surface area contributed by atoms with Gasteiger partial charge in [0.1, 0.15) is 0 Å². The van der Waals surface area contributed by atoms with E-state index in [9.17, 15) is 9.90 Å². The Bertz CT molecular complexity index is 740. The van der Waals surface area contributed by atoms with Gasteiger partial charge in [-0.2, -0.15) is 5.26 Å². The van der Waals surface area contributed by atoms with Crippen molar-refractivity contribution in [2.45, 2.75) is 43.0 Å². The molecular weight excluding hydrogens is 288 g/mol. The summed E-state index contributed by atoms with van der Waals surface area (Å²) >= 11 is 1.26. The van der Waals surface area contributed by atoms with Gasteiger partial charge in [0.05, 0.1) is 17.7 Å². The SMILES string of the molecule is CC(O)c1ccc(C#N)cc1Sc1n[nH]c(=O)n1C(C)C. The molecule has 1 heterocycles. The van der Waals surface area contributed by atoms with Crippen molar-refractivity contribution in [2.75, 3.05) is 0 Å². The quantitative estimate of drug-likeness (QED) is 0.903. The van der Waals surface area contributed by atoms with Gasteiger partial charge < -0.3 is 5.11 Å². The van der Waals surface area contributed by atoms with Crippen LogP contribution in [-0.2, 0) is 0 Å². The van der Waals surface area contributed by atoms with Crippen molar-refractivity contribution in [3.8, 4) is 6.07 Å². The fraction of sp³-hybridized carbons (Fsp3) is 0.357. The second kappa shape index (κ2) is 6.16. The molecule has 1 atom stereocenters. The first-order chi connectivity index (χ1) is 9.93. The van der Waals surface area contributed by atoms with Gasteiger partial charge in [0, 0.05) is 10.9 Å². The average Bonchev–Trinajstić information content (AvgIpc) is 2.79. The Hall–Kier alpha value is -2.04. The highest BCUT2D eigenvalue weighted by molar-refractivity contribution is 7.99. The largest absolute Gasteiger partial charge is 0.389 e. The lowest BCUT2D eigenvalue weighted by atomic mass is 10.1. The summed E-state index contributed by atoms with van der Waals surface area (Å²) in [6, 6.07) is 7.10. The van der Waals surface area contributed by atoms with Crippen LogP contribution in [0.3, 0.4) is 0 Å². The van der Waals surface area contributed by atoms with Crippen LogP contribution in [0.5, 0.6) is 0 Å². The fourth-order valence-corrected chi connectivity index (χ4v) is 3.18. The van der Waals surface area contributed by atoms with Crippen LogP contribution in [0, 0.1) is 11.3 Å². The third kappa shape index (κ3) is 3.17. The Morgan fingerprint density at radius 1 is 1.43 bits per heavy atom. The summed E-state index contributed by atoms with van der Waals surface area (Å²) in [7, 11) is 0. The molecule has 0 spiro atoms. The predicted octanol–water partition coefficient (Wildman–Crippen LogP) is 2.23. The molecule has 0 aliphatic carbocycles. The number of benzene rings is 1. The van der Waals surface area contributed by atoms with E-state index in [2.05, 4.69) is 16.3 Å². The summed E-state index contributed by atoms with van der Waals surface area (Å²) in [6.45, 7) is 5.44. The summed E-state index contributed by atoms with van der Waals surface area (Å²) in [5, 5.41) is 25.8. The topological polar surface area (TPSA) is 94.7 Å². The third-order valence-corrected chi connectivity index (χ3v) is 4.03. The minimum atomic E-state index is -0.668. The number of nitrogens with one attached hydrogen (secondary N) is 1. The van der Waals surface area contributed by atoms with Crippen LogP contribution in [0.4, 0.5) is 0 Å². The van der Waals surface area contributed by atoms with Crippen molar-refractivity contribution in [3.05, 3.63) is 39.8 Å². The maximum Gasteiger partial charge on any atom is 0.344 e. The van der Waals surface area contributed by atoms with Gasteiger partial charge in [-0.15, -0.1) is 5.10 Å². The molecule has 1 aromatic heterocycles. The molecule has 6 nitrogen and oxygen atoms in total. The van der Waals surface area contributed by atoms with Gasteiger partial charge in [-0.25, -0.2) is 9.89 Å². The Morgan fingerprint density at radius 2 is 2.14 bits per heavy atom. The summed E-state index contributed by atoms with van der Waals surface area (Å²) in [5.41, 5.74) is 0.920. The zero-order valence-electron chi connectivity index (χ0n) is 12.0. The molecule has 21 heavy (non-hydrogen) atoms. The van der Waals surface area contributed by atoms with Crippen LogP contribution in [-0.4, -0.2) is 19.9 Å². The molecule has 1 unspecified atom stereocenters. The van der Waals surface area contributed by atoms with Crippen LogP contribution in [0.1, 0.15) is 44.0 Å². The molecule has 7 heteroatoms. The van der Waals surface area contributed by atoms with Crippen molar-refractivity contribution in [3.63, 3.8) is 0 Å². The lowest BCUT2D eigenvalue weighted by Gasteiger charge is -2.13. The van der Waals surface area contributed by atoms with E-state index in [1.807, 2.05) is 13.8 Å². The highest BCUT2D eigenvalue weighted by Gasteiger charge is 2.16. The molecule has 2 aromatic rings. The first-order valence-corrected chi connectivity index (χ1v) is 7.32. The van der Waals surface area contributed by atoms with E-state index in [-0.39, 0.29) is 11.7 Å². The molecule has 1 aromatic carbocycles. The predicted molar refractivity (Wildman–Crippen MR) is 79.1 cm³/mol. The van der Waals surface area contributed by atoms with E-state index in [4.69, 9.17) is 5.26 Å². The highest BCUT2D eigenvalue weighted by Crippen LogP contribution is 2.33. The van der Waals surface area contributed by atoms with Crippen molar-refractivity contribution in [1.29, 1.82) is 5.26 Å². The van der Waals surface area contributed by atoms with Crippen molar-refractivity contribution in [2.24, 2.45) is 0 Å². The third-order valence-electron chi connectivity index (χ3n) is 2.98. The number of nitrogens with zero attached hydrogens (tertiary/aromatic N) is 3. The Kier molecular flexibility index (Phi) is 4.50. The molecule has 0 fully saturated rings. The van der Waals surface area contributed by atoms with Crippen LogP contribution in [0.2, 0.25) is 0 Å². The molecule has 110 valence electrons. The van der Waals surface area contributed by atoms with E-state index in [0.717, 1.165) is 0 Å². The standard InChI is InChI=1S/C14H16N4O2S/c1-8(2)18-13(20)16-17-14(18)21-12-6-10(7-15)4-5-11(12)9(3)19/h4-6,8-9,19H,1-3H3,(H,16,20). The number of aliphatic hydroxyl groups is 1. The maximum absolute atomic E-state index is 11.7. The van der Waals surface area contributed by atoms with Gasteiger partial charge in [-0.3, -0.25) is 4.57 Å². The molecule has 0 amide bonds. The summed E-state index contributed by atoms with van der Waals surface area (Å²) < 4.78 is 1.54. The first-order valence-electron chi connectivity index (χ1n) is 6.51. The smallest absolute Gasteiger partial charge is 0.344 e. The Labute approximate surface area is 126 Å². The lowest BCUT2D eigenvalue weighted by Crippen LogP contribution is -2.19. The van der Waals surface area contributed by atoms with Crippen LogP contribution < -0.4 is 5.69 Å². The van der Waals surface area contributed by atoms with Gasteiger partial charge in [0.2, 0.25) is 0 Å². The van der Waals surface area contributed by atoms with E-state index in [1.54, 1.807) is 25.1 Å². The van der Waals surface area contributed by atoms with Crippen LogP contribution in [0.15, 0.2) is 33.0 Å². The van der Waals surface area contributed by atoms with Gasteiger partial charge >= 0.3 is 5.69 Å². The van der Waals surface area contributed by atoms with Gasteiger partial charge in [-0.05, 0) is 50.2 Å². The zero-order chi connectivity index (χ0) is 15.6. The molecule has 0 saturated heterocycles. The highest BCUT2D eigenvalue weighted by atomic mass is 32.2. The molecule has 0 aliphatic rings. The Morgan fingerprint density at radius 3 is 2.71 bits per heavy atom. The molecule has 0 bridgehead atoms. The molecule has 2 rings (SSSR count). The van der Waals surface area contributed by atoms with Gasteiger partial charge in [0.25, 0.3) is 0 Å². The van der Waals surface area contributed by atoms with Crippen molar-refractivity contribution in [1.82, 2.24) is 14.8 Å². The molecule has 0 radical (unpaired) electrons. The van der Waals surface area contributed by atoms with E-state index in [0.29, 0.717) is 21.2 Å². The number of rotatable bonds is 4. The molecular formula is C14H16N4O2S. The van der Waals surface area contributed by atoms with E-state index in [1.165, 1.54) is 16.3 Å². The van der Waals surface area contributed by atoms with Crippen LogP contribution >= 0.6 is 11.8 Å². The van der Waals surface area contributed by atoms with Gasteiger partial charge in [-0.1, -0.05) is 6.07 Å². The van der Waals surface area contributed by atoms with E-state index >= 15 is 0 Å². The monoisotopic (exact) mass is 304 g/mol. The number of hydrogen-bond donors (Lipinski definition) is 2. The summed E-state index contributed by atoms with van der Waals surface area (Å²) in [6.07, 6.45) is -0.668. The number of aromatic amines is 1. The molecule has 0 saturated carbocycles. The zero-order valence-corrected chi connectivity index (χ0v) is 12.8. The minimum absolute atomic E-state index is 0.0344. The molecule has 2 N–H and O–H groups in total. The fourth-order valence-electron chi connectivity index (χ4n) is 1.95. The Balaban J connectivity index is 2.49. The normalized spacial score (nSPS) is 12.4. The van der Waals surface area contributed by atoms with E-state index < -0.39 is 6.10 Å². The second-order valence-electron chi connectivity index (χ2n) is 4.92. The summed E-state index contributed by atoms with van der Waals surface area (Å²) in [5.74, 6) is 0. The number of H-pyrrole nitrogens is 1. The summed E-state index contributed by atoms with van der Waals surface area (Å²) in [4.78, 5) is 12.5. The van der Waals surface area contributed by atoms with Crippen molar-refractivity contribution >= 4 is 11.8 Å². The molecule has 0 aliphatic heterocycles. The second-order valence-corrected chi connectivity index (χ2v) is 5.93. The lowest BCUT2D eigenvalue weighted by molar-refractivity contribution is 0.196. The van der Waals surface area contributed by atoms with Crippen molar-refractivity contribution < 1.29 is 5.11 Å². The van der Waals surface area contributed by atoms with Gasteiger partial charge in [0.15, 0.2) is 5.16 Å². The average molecular weight is 304 g/mol. The number of aliphatic hydroxyl groups excluding tert-OH is 1. The minimum Gasteiger partial charge on any atom is -0.389 e. The first kappa shape index (κ1) is 15.4. The number of nitriles is 1.